The van der Waals surface area contributed by atoms with Crippen LogP contribution < -0.4 is 5.32 Å². The zero-order chi connectivity index (χ0) is 24.8. The standard InChI is InChI=1S/C16H10F9N7O/c17-14(18,19)8-3-9(15(20,21)22)28-12(7(8)4-26)27-5-11(33)31-1-2-32-10(6-31)29-30-13(32)16(23,24)25/h3H,1-2,5-6H2,(H,27,28). The number of nitriles is 1. The molecule has 0 unspecified atom stereocenters. The van der Waals surface area contributed by atoms with Crippen LogP contribution in [0.2, 0.25) is 0 Å². The molecule has 0 aromatic carbocycles. The summed E-state index contributed by atoms with van der Waals surface area (Å²) in [5.74, 6) is -3.49. The fourth-order valence-corrected chi connectivity index (χ4v) is 3.01. The third-order valence-corrected chi connectivity index (χ3v) is 4.49. The van der Waals surface area contributed by atoms with E-state index in [2.05, 4.69) is 15.2 Å². The van der Waals surface area contributed by atoms with Crippen molar-refractivity contribution in [2.45, 2.75) is 31.6 Å². The lowest BCUT2D eigenvalue weighted by molar-refractivity contribution is -0.148. The van der Waals surface area contributed by atoms with E-state index in [1.165, 1.54) is 0 Å². The van der Waals surface area contributed by atoms with Gasteiger partial charge in [-0.25, -0.2) is 4.98 Å². The number of pyridine rings is 1. The van der Waals surface area contributed by atoms with Gasteiger partial charge in [-0.3, -0.25) is 4.79 Å². The van der Waals surface area contributed by atoms with Gasteiger partial charge in [0.1, 0.15) is 23.1 Å². The van der Waals surface area contributed by atoms with Crippen LogP contribution in [0.15, 0.2) is 6.07 Å². The Balaban J connectivity index is 1.82. The van der Waals surface area contributed by atoms with Crippen molar-refractivity contribution in [3.63, 3.8) is 0 Å². The molecule has 0 aliphatic carbocycles. The number of aromatic nitrogens is 4. The number of hydrogen-bond acceptors (Lipinski definition) is 6. The Hall–Kier alpha value is -3.58. The summed E-state index contributed by atoms with van der Waals surface area (Å²) in [6.45, 7) is -1.92. The van der Waals surface area contributed by atoms with Gasteiger partial charge in [0.25, 0.3) is 0 Å². The van der Waals surface area contributed by atoms with Gasteiger partial charge in [0.15, 0.2) is 5.82 Å². The van der Waals surface area contributed by atoms with Crippen LogP contribution in [0.3, 0.4) is 0 Å². The number of carbonyl (C=O) groups is 1. The normalized spacial score (nSPS) is 14.6. The molecule has 2 aromatic rings. The molecule has 2 aromatic heterocycles. The number of carbonyl (C=O) groups excluding carboxylic acids is 1. The highest BCUT2D eigenvalue weighted by Gasteiger charge is 2.42. The molecule has 17 heteroatoms. The van der Waals surface area contributed by atoms with E-state index < -0.39 is 66.0 Å². The van der Waals surface area contributed by atoms with E-state index in [1.807, 2.05) is 5.32 Å². The number of fused-ring (bicyclic) bond motifs is 1. The van der Waals surface area contributed by atoms with Crippen LogP contribution in [-0.4, -0.2) is 43.6 Å². The SMILES string of the molecule is N#Cc1c(C(F)(F)F)cc(C(F)(F)F)nc1NCC(=O)N1CCn2c(nnc2C(F)(F)F)C1. The maximum atomic E-state index is 13.2. The summed E-state index contributed by atoms with van der Waals surface area (Å²) in [5, 5.41) is 17.4. The molecule has 0 saturated carbocycles. The third-order valence-electron chi connectivity index (χ3n) is 4.49. The van der Waals surface area contributed by atoms with Crippen molar-refractivity contribution in [2.24, 2.45) is 0 Å². The Morgan fingerprint density at radius 2 is 1.70 bits per heavy atom. The van der Waals surface area contributed by atoms with Crippen LogP contribution in [0.5, 0.6) is 0 Å². The van der Waals surface area contributed by atoms with Crippen molar-refractivity contribution in [1.82, 2.24) is 24.6 Å². The average molecular weight is 487 g/mol. The lowest BCUT2D eigenvalue weighted by Gasteiger charge is -2.28. The molecule has 3 heterocycles. The summed E-state index contributed by atoms with van der Waals surface area (Å²) in [6.07, 6.45) is -15.4. The average Bonchev–Trinajstić information content (AvgIpc) is 3.13. The predicted molar refractivity (Wildman–Crippen MR) is 87.9 cm³/mol. The Kier molecular flexibility index (Phi) is 5.89. The summed E-state index contributed by atoms with van der Waals surface area (Å²) >= 11 is 0. The fraction of sp³-hybridized carbons (Fsp3) is 0.438. The lowest BCUT2D eigenvalue weighted by atomic mass is 10.1. The van der Waals surface area contributed by atoms with E-state index >= 15 is 0 Å². The maximum Gasteiger partial charge on any atom is 0.451 e. The number of alkyl halides is 9. The van der Waals surface area contributed by atoms with Crippen LogP contribution in [0.25, 0.3) is 0 Å². The van der Waals surface area contributed by atoms with Gasteiger partial charge in [0.2, 0.25) is 11.7 Å². The highest BCUT2D eigenvalue weighted by Crippen LogP contribution is 2.38. The number of nitrogens with one attached hydrogen (secondary N) is 1. The number of halogens is 9. The van der Waals surface area contributed by atoms with Gasteiger partial charge in [0.05, 0.1) is 18.7 Å². The number of nitrogens with zero attached hydrogens (tertiary/aromatic N) is 6. The van der Waals surface area contributed by atoms with Crippen LogP contribution in [0.4, 0.5) is 45.3 Å². The second kappa shape index (κ2) is 8.08. The van der Waals surface area contributed by atoms with Crippen LogP contribution in [0, 0.1) is 11.3 Å². The zero-order valence-corrected chi connectivity index (χ0v) is 15.9. The molecule has 3 rings (SSSR count). The highest BCUT2D eigenvalue weighted by molar-refractivity contribution is 5.81. The molecule has 33 heavy (non-hydrogen) atoms. The van der Waals surface area contributed by atoms with Gasteiger partial charge in [-0.2, -0.15) is 44.8 Å². The first kappa shape index (κ1) is 24.1. The largest absolute Gasteiger partial charge is 0.451 e. The van der Waals surface area contributed by atoms with Crippen molar-refractivity contribution in [2.75, 3.05) is 18.4 Å². The number of amides is 1. The molecule has 0 fully saturated rings. The second-order valence-corrected chi connectivity index (χ2v) is 6.64. The summed E-state index contributed by atoms with van der Waals surface area (Å²) in [6, 6.07) is 0.799. The topological polar surface area (TPSA) is 99.7 Å². The fourth-order valence-electron chi connectivity index (χ4n) is 3.01. The number of hydrogen-bond donors (Lipinski definition) is 1. The number of anilines is 1. The second-order valence-electron chi connectivity index (χ2n) is 6.64. The van der Waals surface area contributed by atoms with E-state index in [0.29, 0.717) is 0 Å². The first-order valence-electron chi connectivity index (χ1n) is 8.73. The van der Waals surface area contributed by atoms with Crippen molar-refractivity contribution >= 4 is 11.7 Å². The van der Waals surface area contributed by atoms with E-state index in [1.54, 1.807) is 0 Å². The van der Waals surface area contributed by atoms with E-state index in [4.69, 9.17) is 5.26 Å². The molecule has 1 N–H and O–H groups in total. The van der Waals surface area contributed by atoms with E-state index in [-0.39, 0.29) is 25.0 Å². The van der Waals surface area contributed by atoms with Gasteiger partial charge in [0, 0.05) is 13.1 Å². The quantitative estimate of drug-likeness (QED) is 0.669. The molecule has 0 spiro atoms. The smallest absolute Gasteiger partial charge is 0.360 e. The Morgan fingerprint density at radius 1 is 1.03 bits per heavy atom. The van der Waals surface area contributed by atoms with Gasteiger partial charge in [-0.05, 0) is 6.07 Å². The molecule has 0 radical (unpaired) electrons. The predicted octanol–water partition coefficient (Wildman–Crippen LogP) is 3.06. The third kappa shape index (κ3) is 4.93. The van der Waals surface area contributed by atoms with E-state index in [0.717, 1.165) is 15.5 Å². The molecule has 1 amide bonds. The molecule has 178 valence electrons. The summed E-state index contributed by atoms with van der Waals surface area (Å²) in [7, 11) is 0. The highest BCUT2D eigenvalue weighted by atomic mass is 19.4. The lowest BCUT2D eigenvalue weighted by Crippen LogP contribution is -2.42. The Labute approximate surface area is 177 Å². The van der Waals surface area contributed by atoms with Crippen molar-refractivity contribution < 1.29 is 44.3 Å². The zero-order valence-electron chi connectivity index (χ0n) is 15.9. The summed E-state index contributed by atoms with van der Waals surface area (Å²) < 4.78 is 118. The molecule has 0 atom stereocenters. The molecule has 1 aliphatic heterocycles. The first-order chi connectivity index (χ1) is 15.1. The van der Waals surface area contributed by atoms with Gasteiger partial charge >= 0.3 is 18.5 Å². The number of rotatable bonds is 3. The minimum atomic E-state index is -5.32. The van der Waals surface area contributed by atoms with Crippen LogP contribution in [0.1, 0.15) is 28.5 Å². The Morgan fingerprint density at radius 3 is 2.24 bits per heavy atom. The minimum Gasteiger partial charge on any atom is -0.360 e. The molecule has 0 bridgehead atoms. The van der Waals surface area contributed by atoms with Gasteiger partial charge < -0.3 is 14.8 Å². The molecule has 8 nitrogen and oxygen atoms in total. The van der Waals surface area contributed by atoms with Gasteiger partial charge in [-0.1, -0.05) is 0 Å². The van der Waals surface area contributed by atoms with Gasteiger partial charge in [-0.15, -0.1) is 10.2 Å². The molecular weight excluding hydrogens is 477 g/mol. The summed E-state index contributed by atoms with van der Waals surface area (Å²) in [5.41, 5.74) is -5.08. The van der Waals surface area contributed by atoms with Crippen LogP contribution in [-0.2, 0) is 36.4 Å². The van der Waals surface area contributed by atoms with E-state index in [9.17, 15) is 44.3 Å². The van der Waals surface area contributed by atoms with Crippen LogP contribution >= 0.6 is 0 Å². The molecular formula is C16H10F9N7O. The maximum absolute atomic E-state index is 13.2. The summed E-state index contributed by atoms with van der Waals surface area (Å²) in [4.78, 5) is 16.3. The molecule has 0 saturated heterocycles. The molecule has 1 aliphatic rings. The first-order valence-corrected chi connectivity index (χ1v) is 8.73. The van der Waals surface area contributed by atoms with Crippen molar-refractivity contribution in [1.29, 1.82) is 5.26 Å². The Bertz CT molecular complexity index is 1110. The van der Waals surface area contributed by atoms with Crippen molar-refractivity contribution in [3.05, 3.63) is 34.5 Å². The van der Waals surface area contributed by atoms with Crippen molar-refractivity contribution in [3.8, 4) is 6.07 Å². The minimum absolute atomic E-state index is 0.212. The monoisotopic (exact) mass is 487 g/mol.